The van der Waals surface area contributed by atoms with Gasteiger partial charge in [-0.3, -0.25) is 37.7 Å². The molecule has 2 aliphatic heterocycles. The van der Waals surface area contributed by atoms with Gasteiger partial charge in [-0.1, -0.05) is 0 Å². The van der Waals surface area contributed by atoms with Crippen LogP contribution >= 0.6 is 7.82 Å². The van der Waals surface area contributed by atoms with E-state index in [-0.39, 0.29) is 47.1 Å². The number of imidazole rings is 2. The molecule has 0 spiro atoms. The third-order valence-corrected chi connectivity index (χ3v) is 7.68. The molecule has 0 aromatic carbocycles. The zero-order chi connectivity index (χ0) is 29.1. The van der Waals surface area contributed by atoms with E-state index in [4.69, 9.17) is 30.0 Å². The molecule has 4 aromatic rings. The first-order valence-corrected chi connectivity index (χ1v) is 13.7. The van der Waals surface area contributed by atoms with Crippen LogP contribution in [0.5, 0.6) is 0 Å². The van der Waals surface area contributed by atoms with Crippen molar-refractivity contribution in [3.05, 3.63) is 33.4 Å². The lowest BCUT2D eigenvalue weighted by Gasteiger charge is -2.20. The van der Waals surface area contributed by atoms with Gasteiger partial charge in [0.25, 0.3) is 11.1 Å². The van der Waals surface area contributed by atoms with Crippen LogP contribution in [-0.2, 0) is 23.1 Å². The molecule has 6 rings (SSSR count). The fourth-order valence-electron chi connectivity index (χ4n) is 4.75. The number of phosphoric acid groups is 1. The second-order valence-electron chi connectivity index (χ2n) is 9.47. The fraction of sp³-hybridized carbons (Fsp3) is 0.500. The summed E-state index contributed by atoms with van der Waals surface area (Å²) in [6.07, 6.45) is -3.18. The molecule has 21 heteroatoms. The summed E-state index contributed by atoms with van der Waals surface area (Å²) < 4.78 is 36.9. The maximum absolute atomic E-state index is 12.5. The van der Waals surface area contributed by atoms with E-state index >= 15 is 0 Å². The third-order valence-electron chi connectivity index (χ3n) is 6.73. The first-order chi connectivity index (χ1) is 19.5. The van der Waals surface area contributed by atoms with Crippen molar-refractivity contribution in [3.8, 4) is 0 Å². The number of nitrogen functional groups attached to an aromatic ring is 2. The zero-order valence-electron chi connectivity index (χ0n) is 20.9. The number of rotatable bonds is 8. The molecule has 6 atom stereocenters. The van der Waals surface area contributed by atoms with Crippen LogP contribution < -0.4 is 22.6 Å². The summed E-state index contributed by atoms with van der Waals surface area (Å²) in [7, 11) is -4.68. The fourth-order valence-corrected chi connectivity index (χ4v) is 5.50. The van der Waals surface area contributed by atoms with Crippen molar-refractivity contribution in [1.82, 2.24) is 39.0 Å². The van der Waals surface area contributed by atoms with Gasteiger partial charge >= 0.3 is 7.82 Å². The molecule has 0 bridgehead atoms. The van der Waals surface area contributed by atoms with Crippen LogP contribution in [0.2, 0.25) is 0 Å². The second-order valence-corrected chi connectivity index (χ2v) is 10.9. The molecule has 20 nitrogen and oxygen atoms in total. The highest BCUT2D eigenvalue weighted by Gasteiger charge is 2.40. The van der Waals surface area contributed by atoms with E-state index in [1.165, 1.54) is 21.8 Å². The van der Waals surface area contributed by atoms with Crippen LogP contribution in [-0.4, -0.2) is 91.8 Å². The van der Waals surface area contributed by atoms with Crippen molar-refractivity contribution in [2.24, 2.45) is 0 Å². The number of nitrogens with one attached hydrogen (secondary N) is 2. The Morgan fingerprint density at radius 2 is 1.29 bits per heavy atom. The number of nitrogens with zero attached hydrogens (tertiary/aromatic N) is 6. The number of hydrogen-bond acceptors (Lipinski definition) is 15. The minimum absolute atomic E-state index is 0.0269. The van der Waals surface area contributed by atoms with Crippen LogP contribution in [0.25, 0.3) is 22.3 Å². The van der Waals surface area contributed by atoms with Gasteiger partial charge in [-0.15, -0.1) is 0 Å². The number of aromatic nitrogens is 8. The van der Waals surface area contributed by atoms with Crippen molar-refractivity contribution in [3.63, 3.8) is 0 Å². The molecule has 4 aromatic heterocycles. The quantitative estimate of drug-likeness (QED) is 0.107. The number of ether oxygens (including phenoxy) is 2. The average molecular weight is 596 g/mol. The van der Waals surface area contributed by atoms with Crippen LogP contribution in [0.1, 0.15) is 25.3 Å². The predicted octanol–water partition coefficient (Wildman–Crippen LogP) is -2.15. The van der Waals surface area contributed by atoms with Gasteiger partial charge in [0.2, 0.25) is 11.9 Å². The highest BCUT2D eigenvalue weighted by molar-refractivity contribution is 7.47. The molecule has 2 aliphatic rings. The van der Waals surface area contributed by atoms with Crippen LogP contribution in [0.15, 0.2) is 22.2 Å². The Hall–Kier alpha value is -3.75. The Labute approximate surface area is 227 Å². The lowest BCUT2D eigenvalue weighted by molar-refractivity contribution is -0.0559. The largest absolute Gasteiger partial charge is 0.472 e. The summed E-state index contributed by atoms with van der Waals surface area (Å²) in [5.74, 6) is -0.252. The third kappa shape index (κ3) is 5.22. The van der Waals surface area contributed by atoms with E-state index in [1.807, 2.05) is 0 Å². The second kappa shape index (κ2) is 10.3. The number of fused-ring (bicyclic) bond motifs is 2. The number of nitrogens with two attached hydrogens (primary N) is 2. The molecule has 6 heterocycles. The van der Waals surface area contributed by atoms with Gasteiger partial charge < -0.3 is 36.0 Å². The highest BCUT2D eigenvalue weighted by atomic mass is 31.2. The Morgan fingerprint density at radius 1 is 0.878 bits per heavy atom. The summed E-state index contributed by atoms with van der Waals surface area (Å²) >= 11 is 0. The standard InChI is InChI=1S/C20H25N10O10P/c21-19-25-15-13(17(33)27-19)23-5-29(15)11-1-7(31)9(39-11)3-37-41(35,36)38-4-10-8(32)2-12(40-10)30-6-24-14-16(30)26-20(22)28-18(14)34/h5-12,31-32H,1-4H2,(H,35,36)(H3,21,25,27,33)(H3,22,26,28,34)/t7-,8-,9+,10+,11+,12+/m0/s1. The summed E-state index contributed by atoms with van der Waals surface area (Å²) in [5, 5.41) is 20.9. The zero-order valence-corrected chi connectivity index (χ0v) is 21.8. The molecule has 0 unspecified atom stereocenters. The Bertz CT molecular complexity index is 1640. The first kappa shape index (κ1) is 27.4. The maximum Gasteiger partial charge on any atom is 0.472 e. The summed E-state index contributed by atoms with van der Waals surface area (Å²) in [6, 6.07) is 0. The Kier molecular flexibility index (Phi) is 6.86. The van der Waals surface area contributed by atoms with Crippen LogP contribution in [0.4, 0.5) is 11.9 Å². The predicted molar refractivity (Wildman–Crippen MR) is 136 cm³/mol. The summed E-state index contributed by atoms with van der Waals surface area (Å²) in [4.78, 5) is 55.0. The molecule has 220 valence electrons. The lowest BCUT2D eigenvalue weighted by atomic mass is 10.2. The smallest absolute Gasteiger partial charge is 0.390 e. The SMILES string of the molecule is Nc1nc2c(ncn2[C@H]2C[C@H](O)[C@@H](COP(=O)(O)OC[C@H]3O[C@@H](n4cnc5c(=O)[nH]c(N)nc54)C[C@@H]3O)O2)c(=O)[nH]1. The molecule has 0 saturated carbocycles. The minimum Gasteiger partial charge on any atom is -0.390 e. The number of H-pyrrole nitrogens is 2. The minimum atomic E-state index is -4.68. The van der Waals surface area contributed by atoms with Gasteiger partial charge in [0, 0.05) is 12.8 Å². The van der Waals surface area contributed by atoms with Gasteiger partial charge in [0.15, 0.2) is 22.3 Å². The van der Waals surface area contributed by atoms with E-state index < -0.39 is 69.0 Å². The molecule has 2 saturated heterocycles. The Morgan fingerprint density at radius 3 is 1.71 bits per heavy atom. The number of anilines is 2. The van der Waals surface area contributed by atoms with Gasteiger partial charge in [0.1, 0.15) is 24.7 Å². The van der Waals surface area contributed by atoms with Crippen LogP contribution in [0.3, 0.4) is 0 Å². The molecule has 2 fully saturated rings. The number of hydrogen-bond donors (Lipinski definition) is 7. The van der Waals surface area contributed by atoms with E-state index in [0.29, 0.717) is 0 Å². The van der Waals surface area contributed by atoms with Crippen molar-refractivity contribution in [2.75, 3.05) is 24.7 Å². The molecule has 9 N–H and O–H groups in total. The number of phosphoric ester groups is 1. The normalized spacial score (nSPS) is 26.9. The van der Waals surface area contributed by atoms with Gasteiger partial charge in [-0.2, -0.15) is 9.97 Å². The summed E-state index contributed by atoms with van der Waals surface area (Å²) in [6.45, 7) is -1.04. The molecule has 0 aliphatic carbocycles. The summed E-state index contributed by atoms with van der Waals surface area (Å²) in [5.41, 5.74) is 10.5. The molecule has 0 radical (unpaired) electrons. The highest BCUT2D eigenvalue weighted by Crippen LogP contribution is 2.45. The molecular weight excluding hydrogens is 571 g/mol. The molecule has 0 amide bonds. The lowest BCUT2D eigenvalue weighted by Crippen LogP contribution is -2.28. The van der Waals surface area contributed by atoms with E-state index in [0.717, 1.165) is 0 Å². The van der Waals surface area contributed by atoms with Crippen molar-refractivity contribution >= 4 is 42.0 Å². The van der Waals surface area contributed by atoms with Crippen molar-refractivity contribution in [2.45, 2.75) is 49.7 Å². The first-order valence-electron chi connectivity index (χ1n) is 12.2. The maximum atomic E-state index is 12.5. The van der Waals surface area contributed by atoms with Gasteiger partial charge in [-0.05, 0) is 0 Å². The molecular formula is C20H25N10O10P. The number of aliphatic hydroxyl groups is 2. The Balaban J connectivity index is 1.05. The van der Waals surface area contributed by atoms with E-state index in [9.17, 15) is 29.3 Å². The average Bonchev–Trinajstić information content (AvgIpc) is 3.67. The number of aromatic amines is 2. The van der Waals surface area contributed by atoms with Gasteiger partial charge in [0.05, 0.1) is 38.1 Å². The van der Waals surface area contributed by atoms with Crippen molar-refractivity contribution in [1.29, 1.82) is 0 Å². The topological polar surface area (TPSA) is 294 Å². The van der Waals surface area contributed by atoms with E-state index in [2.05, 4.69) is 29.9 Å². The van der Waals surface area contributed by atoms with Crippen LogP contribution in [0, 0.1) is 0 Å². The van der Waals surface area contributed by atoms with Gasteiger partial charge in [-0.25, -0.2) is 14.5 Å². The monoisotopic (exact) mass is 596 g/mol. The molecule has 41 heavy (non-hydrogen) atoms. The van der Waals surface area contributed by atoms with Crippen molar-refractivity contribution < 1.29 is 38.2 Å². The van der Waals surface area contributed by atoms with E-state index in [1.54, 1.807) is 0 Å². The number of aliphatic hydroxyl groups excluding tert-OH is 2.